The lowest BCUT2D eigenvalue weighted by Gasteiger charge is -2.05. The zero-order valence-electron chi connectivity index (χ0n) is 8.00. The average molecular weight is 206 g/mol. The average Bonchev–Trinajstić information content (AvgIpc) is 2.57. The van der Waals surface area contributed by atoms with E-state index in [0.29, 0.717) is 0 Å². The molecule has 0 aliphatic heterocycles. The fourth-order valence-corrected chi connectivity index (χ4v) is 2.21. The Labute approximate surface area is 85.8 Å². The minimum Gasteiger partial charge on any atom is -0.325 e. The third-order valence-electron chi connectivity index (χ3n) is 2.03. The topological polar surface area (TPSA) is 42.0 Å². The molecule has 14 heavy (non-hydrogen) atoms. The van der Waals surface area contributed by atoms with Gasteiger partial charge in [0, 0.05) is 6.92 Å². The van der Waals surface area contributed by atoms with Crippen LogP contribution < -0.4 is 5.32 Å². The van der Waals surface area contributed by atoms with Gasteiger partial charge >= 0.3 is 0 Å². The number of anilines is 1. The molecule has 0 spiro atoms. The summed E-state index contributed by atoms with van der Waals surface area (Å²) in [6.07, 6.45) is 1.70. The first-order chi connectivity index (χ1) is 6.68. The maximum absolute atomic E-state index is 10.9. The van der Waals surface area contributed by atoms with Crippen molar-refractivity contribution in [3.63, 3.8) is 0 Å². The first kappa shape index (κ1) is 9.15. The van der Waals surface area contributed by atoms with Crippen molar-refractivity contribution >= 4 is 33.1 Å². The summed E-state index contributed by atoms with van der Waals surface area (Å²) in [5.41, 5.74) is 2.87. The van der Waals surface area contributed by atoms with Crippen molar-refractivity contribution < 1.29 is 4.79 Å². The number of rotatable bonds is 1. The van der Waals surface area contributed by atoms with E-state index in [1.807, 2.05) is 18.4 Å². The van der Waals surface area contributed by atoms with E-state index >= 15 is 0 Å². The lowest BCUT2D eigenvalue weighted by Crippen LogP contribution is -2.07. The Morgan fingerprint density at radius 3 is 3.07 bits per heavy atom. The van der Waals surface area contributed by atoms with E-state index in [9.17, 15) is 4.79 Å². The highest BCUT2D eigenvalue weighted by atomic mass is 32.1. The molecule has 0 unspecified atom stereocenters. The zero-order chi connectivity index (χ0) is 10.1. The third-order valence-corrected chi connectivity index (χ3v) is 3.06. The second kappa shape index (κ2) is 3.38. The predicted octanol–water partition coefficient (Wildman–Crippen LogP) is 2.56. The van der Waals surface area contributed by atoms with Crippen molar-refractivity contribution in [1.82, 2.24) is 4.98 Å². The number of carbonyl (C=O) groups is 1. The summed E-state index contributed by atoms with van der Waals surface area (Å²) in [6, 6.07) is 1.98. The highest BCUT2D eigenvalue weighted by Gasteiger charge is 2.06. The second-order valence-electron chi connectivity index (χ2n) is 3.11. The SMILES string of the molecule is CC(=O)Nc1cnc2ccsc2c1C. The fourth-order valence-electron chi connectivity index (χ4n) is 1.35. The molecule has 2 aromatic rings. The van der Waals surface area contributed by atoms with Crippen molar-refractivity contribution in [2.24, 2.45) is 0 Å². The molecule has 0 fully saturated rings. The molecule has 0 radical (unpaired) electrons. The highest BCUT2D eigenvalue weighted by Crippen LogP contribution is 2.27. The van der Waals surface area contributed by atoms with Gasteiger partial charge in [0.05, 0.1) is 22.1 Å². The van der Waals surface area contributed by atoms with E-state index in [4.69, 9.17) is 0 Å². The minimum atomic E-state index is -0.0641. The number of carbonyl (C=O) groups excluding carboxylic acids is 1. The Bertz CT molecular complexity index is 490. The highest BCUT2D eigenvalue weighted by molar-refractivity contribution is 7.17. The molecule has 4 heteroatoms. The summed E-state index contributed by atoms with van der Waals surface area (Å²) in [4.78, 5) is 15.2. The molecule has 2 rings (SSSR count). The summed E-state index contributed by atoms with van der Waals surface area (Å²) in [6.45, 7) is 3.49. The normalized spacial score (nSPS) is 10.4. The number of fused-ring (bicyclic) bond motifs is 1. The van der Waals surface area contributed by atoms with Crippen molar-refractivity contribution in [2.45, 2.75) is 13.8 Å². The number of aromatic nitrogens is 1. The standard InChI is InChI=1S/C10H10N2OS/c1-6-9(12-7(2)13)5-11-8-3-4-14-10(6)8/h3-5H,1-2H3,(H,12,13). The molecule has 0 aliphatic rings. The largest absolute Gasteiger partial charge is 0.325 e. The van der Waals surface area contributed by atoms with Crippen molar-refractivity contribution in [3.8, 4) is 0 Å². The lowest BCUT2D eigenvalue weighted by molar-refractivity contribution is -0.114. The van der Waals surface area contributed by atoms with Gasteiger partial charge in [0.15, 0.2) is 0 Å². The van der Waals surface area contributed by atoms with Crippen molar-refractivity contribution in [3.05, 3.63) is 23.2 Å². The molecular formula is C10H10N2OS. The first-order valence-electron chi connectivity index (χ1n) is 4.29. The van der Waals surface area contributed by atoms with Crippen LogP contribution in [-0.2, 0) is 4.79 Å². The predicted molar refractivity (Wildman–Crippen MR) is 58.7 cm³/mol. The molecule has 2 aromatic heterocycles. The van der Waals surface area contributed by atoms with Crippen LogP contribution in [0.15, 0.2) is 17.6 Å². The minimum absolute atomic E-state index is 0.0641. The zero-order valence-corrected chi connectivity index (χ0v) is 8.81. The Hall–Kier alpha value is -1.42. The number of thiophene rings is 1. The van der Waals surface area contributed by atoms with Crippen LogP contribution in [0.3, 0.4) is 0 Å². The summed E-state index contributed by atoms with van der Waals surface area (Å²) in [7, 11) is 0. The van der Waals surface area contributed by atoms with Gasteiger partial charge in [-0.05, 0) is 23.9 Å². The van der Waals surface area contributed by atoms with Crippen LogP contribution in [-0.4, -0.2) is 10.9 Å². The lowest BCUT2D eigenvalue weighted by atomic mass is 10.2. The number of aryl methyl sites for hydroxylation is 1. The Kier molecular flexibility index (Phi) is 2.21. The van der Waals surface area contributed by atoms with Crippen LogP contribution in [0, 0.1) is 6.92 Å². The molecule has 72 valence electrons. The number of amides is 1. The van der Waals surface area contributed by atoms with Gasteiger partial charge in [-0.15, -0.1) is 11.3 Å². The second-order valence-corrected chi connectivity index (χ2v) is 4.03. The van der Waals surface area contributed by atoms with Crippen LogP contribution in [0.2, 0.25) is 0 Å². The quantitative estimate of drug-likeness (QED) is 0.779. The van der Waals surface area contributed by atoms with Gasteiger partial charge in [0.2, 0.25) is 5.91 Å². The van der Waals surface area contributed by atoms with Gasteiger partial charge in [0.1, 0.15) is 0 Å². The maximum Gasteiger partial charge on any atom is 0.221 e. The van der Waals surface area contributed by atoms with E-state index in [1.165, 1.54) is 6.92 Å². The van der Waals surface area contributed by atoms with Gasteiger partial charge in [-0.2, -0.15) is 0 Å². The van der Waals surface area contributed by atoms with Crippen molar-refractivity contribution in [1.29, 1.82) is 0 Å². The number of hydrogen-bond acceptors (Lipinski definition) is 3. The molecule has 0 atom stereocenters. The molecule has 0 bridgehead atoms. The smallest absolute Gasteiger partial charge is 0.221 e. The van der Waals surface area contributed by atoms with Gasteiger partial charge in [-0.25, -0.2) is 0 Å². The molecule has 0 saturated heterocycles. The number of pyridine rings is 1. The van der Waals surface area contributed by atoms with E-state index < -0.39 is 0 Å². The summed E-state index contributed by atoms with van der Waals surface area (Å²) in [5, 5.41) is 4.76. The van der Waals surface area contributed by atoms with E-state index in [1.54, 1.807) is 17.5 Å². The van der Waals surface area contributed by atoms with Gasteiger partial charge < -0.3 is 5.32 Å². The van der Waals surface area contributed by atoms with Crippen LogP contribution in [0.4, 0.5) is 5.69 Å². The molecule has 0 aliphatic carbocycles. The molecule has 1 amide bonds. The fraction of sp³-hybridized carbons (Fsp3) is 0.200. The Morgan fingerprint density at radius 2 is 2.36 bits per heavy atom. The monoisotopic (exact) mass is 206 g/mol. The number of nitrogens with zero attached hydrogens (tertiary/aromatic N) is 1. The third kappa shape index (κ3) is 1.48. The molecule has 0 aromatic carbocycles. The Balaban J connectivity index is 2.56. The Morgan fingerprint density at radius 1 is 1.57 bits per heavy atom. The summed E-state index contributed by atoms with van der Waals surface area (Å²) in [5.74, 6) is -0.0641. The molecule has 1 N–H and O–H groups in total. The molecular weight excluding hydrogens is 196 g/mol. The van der Waals surface area contributed by atoms with Gasteiger partial charge in [-0.1, -0.05) is 0 Å². The molecule has 2 heterocycles. The number of hydrogen-bond donors (Lipinski definition) is 1. The molecule has 0 saturated carbocycles. The van der Waals surface area contributed by atoms with Gasteiger partial charge in [0.25, 0.3) is 0 Å². The van der Waals surface area contributed by atoms with Crippen LogP contribution in [0.1, 0.15) is 12.5 Å². The van der Waals surface area contributed by atoms with Crippen LogP contribution >= 0.6 is 11.3 Å². The van der Waals surface area contributed by atoms with E-state index in [-0.39, 0.29) is 5.91 Å². The summed E-state index contributed by atoms with van der Waals surface area (Å²) >= 11 is 1.64. The first-order valence-corrected chi connectivity index (χ1v) is 5.17. The van der Waals surface area contributed by atoms with E-state index in [0.717, 1.165) is 21.5 Å². The van der Waals surface area contributed by atoms with Gasteiger partial charge in [-0.3, -0.25) is 9.78 Å². The number of nitrogens with one attached hydrogen (secondary N) is 1. The van der Waals surface area contributed by atoms with Crippen LogP contribution in [0.25, 0.3) is 10.2 Å². The van der Waals surface area contributed by atoms with E-state index in [2.05, 4.69) is 10.3 Å². The summed E-state index contributed by atoms with van der Waals surface area (Å²) < 4.78 is 1.14. The molecule has 3 nitrogen and oxygen atoms in total. The van der Waals surface area contributed by atoms with Crippen LogP contribution in [0.5, 0.6) is 0 Å². The van der Waals surface area contributed by atoms with Crippen molar-refractivity contribution in [2.75, 3.05) is 5.32 Å². The maximum atomic E-state index is 10.9.